The van der Waals surface area contributed by atoms with Crippen LogP contribution in [-0.2, 0) is 5.41 Å². The van der Waals surface area contributed by atoms with Gasteiger partial charge in [-0.3, -0.25) is 10.1 Å². The van der Waals surface area contributed by atoms with Crippen molar-refractivity contribution in [1.29, 1.82) is 0 Å². The fourth-order valence-corrected chi connectivity index (χ4v) is 3.13. The van der Waals surface area contributed by atoms with E-state index in [0.717, 1.165) is 11.4 Å². The first-order chi connectivity index (χ1) is 12.5. The van der Waals surface area contributed by atoms with Crippen LogP contribution < -0.4 is 10.1 Å². The first-order valence-corrected chi connectivity index (χ1v) is 9.28. The van der Waals surface area contributed by atoms with Gasteiger partial charge in [0.25, 0.3) is 5.91 Å². The van der Waals surface area contributed by atoms with Gasteiger partial charge >= 0.3 is 0 Å². The SMILES string of the molecule is CCC(C)(C)c1nnc(NC(=O)c2ccccc2Oc2ccccc2)s1. The van der Waals surface area contributed by atoms with Gasteiger partial charge in [0.15, 0.2) is 0 Å². The van der Waals surface area contributed by atoms with Crippen molar-refractivity contribution in [2.75, 3.05) is 5.32 Å². The normalized spacial score (nSPS) is 11.2. The molecule has 0 spiro atoms. The van der Waals surface area contributed by atoms with Crippen LogP contribution in [0.2, 0.25) is 0 Å². The van der Waals surface area contributed by atoms with Crippen molar-refractivity contribution in [3.8, 4) is 11.5 Å². The largest absolute Gasteiger partial charge is 0.457 e. The van der Waals surface area contributed by atoms with Gasteiger partial charge in [-0.2, -0.15) is 0 Å². The third kappa shape index (κ3) is 4.08. The molecule has 5 nitrogen and oxygen atoms in total. The van der Waals surface area contributed by atoms with Gasteiger partial charge in [-0.15, -0.1) is 10.2 Å². The van der Waals surface area contributed by atoms with Crippen molar-refractivity contribution in [3.05, 3.63) is 65.2 Å². The van der Waals surface area contributed by atoms with E-state index in [-0.39, 0.29) is 11.3 Å². The molecule has 0 saturated heterocycles. The Labute approximate surface area is 157 Å². The lowest BCUT2D eigenvalue weighted by Crippen LogP contribution is -2.14. The van der Waals surface area contributed by atoms with Gasteiger partial charge in [-0.05, 0) is 30.7 Å². The number of nitrogens with one attached hydrogen (secondary N) is 1. The van der Waals surface area contributed by atoms with E-state index in [1.807, 2.05) is 36.4 Å². The van der Waals surface area contributed by atoms with Crippen LogP contribution in [-0.4, -0.2) is 16.1 Å². The molecule has 26 heavy (non-hydrogen) atoms. The fraction of sp³-hybridized carbons (Fsp3) is 0.250. The van der Waals surface area contributed by atoms with E-state index in [1.165, 1.54) is 11.3 Å². The Kier molecular flexibility index (Phi) is 5.32. The number of nitrogens with zero attached hydrogens (tertiary/aromatic N) is 2. The zero-order valence-corrected chi connectivity index (χ0v) is 15.8. The van der Waals surface area contributed by atoms with Crippen LogP contribution in [0.5, 0.6) is 11.5 Å². The minimum atomic E-state index is -0.270. The molecule has 1 amide bonds. The molecule has 134 valence electrons. The topological polar surface area (TPSA) is 64.1 Å². The van der Waals surface area contributed by atoms with Crippen molar-refractivity contribution in [3.63, 3.8) is 0 Å². The number of carbonyl (C=O) groups excluding carboxylic acids is 1. The number of hydrogen-bond donors (Lipinski definition) is 1. The molecule has 0 radical (unpaired) electrons. The zero-order valence-electron chi connectivity index (χ0n) is 15.0. The van der Waals surface area contributed by atoms with Crippen molar-refractivity contribution < 1.29 is 9.53 Å². The summed E-state index contributed by atoms with van der Waals surface area (Å²) in [6, 6.07) is 16.5. The molecule has 0 aliphatic rings. The van der Waals surface area contributed by atoms with E-state index in [9.17, 15) is 4.79 Å². The highest BCUT2D eigenvalue weighted by atomic mass is 32.1. The lowest BCUT2D eigenvalue weighted by atomic mass is 9.91. The molecule has 3 rings (SSSR count). The number of carbonyl (C=O) groups is 1. The maximum Gasteiger partial charge on any atom is 0.261 e. The molecule has 6 heteroatoms. The summed E-state index contributed by atoms with van der Waals surface area (Å²) < 4.78 is 5.85. The number of benzene rings is 2. The first kappa shape index (κ1) is 18.1. The molecular weight excluding hydrogens is 346 g/mol. The van der Waals surface area contributed by atoms with Crippen LogP contribution >= 0.6 is 11.3 Å². The molecule has 1 aromatic heterocycles. The molecule has 2 aromatic carbocycles. The Morgan fingerprint density at radius 2 is 1.77 bits per heavy atom. The average Bonchev–Trinajstić information content (AvgIpc) is 3.12. The molecule has 0 unspecified atom stereocenters. The van der Waals surface area contributed by atoms with Gasteiger partial charge in [0.05, 0.1) is 5.56 Å². The smallest absolute Gasteiger partial charge is 0.261 e. The van der Waals surface area contributed by atoms with Gasteiger partial charge in [0.1, 0.15) is 16.5 Å². The molecule has 3 aromatic rings. The standard InChI is InChI=1S/C20H21N3O2S/c1-4-20(2,3)18-22-23-19(26-18)21-17(24)15-12-8-9-13-16(15)25-14-10-6-5-7-11-14/h5-13H,4H2,1-3H3,(H,21,23,24). The Bertz CT molecular complexity index is 891. The number of amides is 1. The predicted octanol–water partition coefficient (Wildman–Crippen LogP) is 5.27. The molecule has 0 bridgehead atoms. The minimum absolute atomic E-state index is 0.0605. The quantitative estimate of drug-likeness (QED) is 0.644. The molecule has 0 atom stereocenters. The van der Waals surface area contributed by atoms with Crippen LogP contribution in [0.1, 0.15) is 42.6 Å². The van der Waals surface area contributed by atoms with Crippen LogP contribution in [0.3, 0.4) is 0 Å². The summed E-state index contributed by atoms with van der Waals surface area (Å²) >= 11 is 1.40. The Morgan fingerprint density at radius 1 is 1.08 bits per heavy atom. The van der Waals surface area contributed by atoms with Crippen molar-refractivity contribution in [2.45, 2.75) is 32.6 Å². The van der Waals surface area contributed by atoms with Crippen molar-refractivity contribution in [1.82, 2.24) is 10.2 Å². The van der Waals surface area contributed by atoms with Crippen LogP contribution in [0.4, 0.5) is 5.13 Å². The maximum absolute atomic E-state index is 12.7. The van der Waals surface area contributed by atoms with Gasteiger partial charge in [0, 0.05) is 5.41 Å². The fourth-order valence-electron chi connectivity index (χ4n) is 2.22. The molecule has 0 saturated carbocycles. The molecule has 1 heterocycles. The van der Waals surface area contributed by atoms with E-state index < -0.39 is 0 Å². The van der Waals surface area contributed by atoms with Crippen LogP contribution in [0.25, 0.3) is 0 Å². The van der Waals surface area contributed by atoms with Crippen molar-refractivity contribution in [2.24, 2.45) is 0 Å². The highest BCUT2D eigenvalue weighted by molar-refractivity contribution is 7.15. The highest BCUT2D eigenvalue weighted by Crippen LogP contribution is 2.32. The second-order valence-corrected chi connectivity index (χ2v) is 7.49. The van der Waals surface area contributed by atoms with E-state index in [4.69, 9.17) is 4.74 Å². The summed E-state index contributed by atoms with van der Waals surface area (Å²) in [5.41, 5.74) is 0.387. The maximum atomic E-state index is 12.7. The van der Waals surface area contributed by atoms with Crippen LogP contribution in [0.15, 0.2) is 54.6 Å². The van der Waals surface area contributed by atoms with E-state index in [2.05, 4.69) is 36.3 Å². The second-order valence-electron chi connectivity index (χ2n) is 6.52. The Balaban J connectivity index is 1.79. The van der Waals surface area contributed by atoms with Gasteiger partial charge in [-0.25, -0.2) is 0 Å². The summed E-state index contributed by atoms with van der Waals surface area (Å²) in [7, 11) is 0. The number of aromatic nitrogens is 2. The summed E-state index contributed by atoms with van der Waals surface area (Å²) in [5.74, 6) is 0.902. The van der Waals surface area contributed by atoms with Crippen molar-refractivity contribution >= 4 is 22.4 Å². The lowest BCUT2D eigenvalue weighted by molar-refractivity contribution is 0.102. The lowest BCUT2D eigenvalue weighted by Gasteiger charge is -2.17. The zero-order chi connectivity index (χ0) is 18.6. The first-order valence-electron chi connectivity index (χ1n) is 8.47. The number of anilines is 1. The second kappa shape index (κ2) is 7.66. The predicted molar refractivity (Wildman–Crippen MR) is 104 cm³/mol. The molecule has 0 aliphatic heterocycles. The Hall–Kier alpha value is -2.73. The number of hydrogen-bond acceptors (Lipinski definition) is 5. The third-order valence-electron chi connectivity index (χ3n) is 4.21. The molecule has 0 aliphatic carbocycles. The van der Waals surface area contributed by atoms with Gasteiger partial charge in [0.2, 0.25) is 5.13 Å². The van der Waals surface area contributed by atoms with E-state index in [1.54, 1.807) is 18.2 Å². The molecular formula is C20H21N3O2S. The van der Waals surface area contributed by atoms with E-state index in [0.29, 0.717) is 22.2 Å². The van der Waals surface area contributed by atoms with Gasteiger partial charge in [-0.1, -0.05) is 62.4 Å². The van der Waals surface area contributed by atoms with E-state index >= 15 is 0 Å². The summed E-state index contributed by atoms with van der Waals surface area (Å²) in [4.78, 5) is 12.7. The third-order valence-corrected chi connectivity index (χ3v) is 5.42. The van der Waals surface area contributed by atoms with Crippen LogP contribution in [0, 0.1) is 0 Å². The minimum Gasteiger partial charge on any atom is -0.457 e. The Morgan fingerprint density at radius 3 is 2.50 bits per heavy atom. The summed E-state index contributed by atoms with van der Waals surface area (Å²) in [6.07, 6.45) is 0.948. The monoisotopic (exact) mass is 367 g/mol. The molecule has 0 fully saturated rings. The average molecular weight is 367 g/mol. The summed E-state index contributed by atoms with van der Waals surface area (Å²) in [5, 5.41) is 12.5. The number of para-hydroxylation sites is 2. The van der Waals surface area contributed by atoms with Gasteiger partial charge < -0.3 is 4.74 Å². The summed E-state index contributed by atoms with van der Waals surface area (Å²) in [6.45, 7) is 6.33. The highest BCUT2D eigenvalue weighted by Gasteiger charge is 2.24. The molecule has 1 N–H and O–H groups in total. The number of rotatable bonds is 6. The number of ether oxygens (including phenoxy) is 1.